The van der Waals surface area contributed by atoms with Crippen LogP contribution < -0.4 is 0 Å². The lowest BCUT2D eigenvalue weighted by atomic mass is 10.1. The second-order valence-electron chi connectivity index (χ2n) is 3.85. The summed E-state index contributed by atoms with van der Waals surface area (Å²) in [5, 5.41) is 12.7. The summed E-state index contributed by atoms with van der Waals surface area (Å²) in [6, 6.07) is 9.95. The van der Waals surface area contributed by atoms with Crippen molar-refractivity contribution in [2.75, 3.05) is 0 Å². The average Bonchev–Trinajstić information content (AvgIpc) is 2.91. The summed E-state index contributed by atoms with van der Waals surface area (Å²) in [6.45, 7) is 0. The highest BCUT2D eigenvalue weighted by Gasteiger charge is 1.95. The summed E-state index contributed by atoms with van der Waals surface area (Å²) >= 11 is 1.59. The van der Waals surface area contributed by atoms with Gasteiger partial charge in [0.05, 0.1) is 6.10 Å². The van der Waals surface area contributed by atoms with E-state index in [-0.39, 0.29) is 0 Å². The SMILES string of the molecule is OC(/C=C/c1ccccc1)C/C=C\c1nccs1. The minimum atomic E-state index is -0.457. The molecule has 2 rings (SSSR count). The van der Waals surface area contributed by atoms with Gasteiger partial charge < -0.3 is 5.11 Å². The fourth-order valence-electron chi connectivity index (χ4n) is 1.49. The smallest absolute Gasteiger partial charge is 0.115 e. The van der Waals surface area contributed by atoms with Gasteiger partial charge in [-0.05, 0) is 18.1 Å². The molecule has 3 heteroatoms. The van der Waals surface area contributed by atoms with Crippen LogP contribution in [0.5, 0.6) is 0 Å². The van der Waals surface area contributed by atoms with Gasteiger partial charge in [-0.3, -0.25) is 0 Å². The van der Waals surface area contributed by atoms with Crippen LogP contribution in [0, 0.1) is 0 Å². The van der Waals surface area contributed by atoms with Gasteiger partial charge in [-0.25, -0.2) is 4.98 Å². The molecule has 0 aliphatic heterocycles. The second-order valence-corrected chi connectivity index (χ2v) is 4.77. The molecule has 0 saturated carbocycles. The molecule has 0 radical (unpaired) electrons. The Balaban J connectivity index is 1.82. The Morgan fingerprint density at radius 1 is 1.22 bits per heavy atom. The van der Waals surface area contributed by atoms with Gasteiger partial charge in [0, 0.05) is 11.6 Å². The zero-order valence-corrected chi connectivity index (χ0v) is 10.8. The zero-order valence-electron chi connectivity index (χ0n) is 9.94. The number of hydrogen-bond donors (Lipinski definition) is 1. The van der Waals surface area contributed by atoms with Crippen molar-refractivity contribution in [1.29, 1.82) is 0 Å². The molecule has 0 aliphatic carbocycles. The molecule has 0 saturated heterocycles. The fourth-order valence-corrected chi connectivity index (χ4v) is 2.05. The van der Waals surface area contributed by atoms with Crippen molar-refractivity contribution < 1.29 is 5.11 Å². The van der Waals surface area contributed by atoms with E-state index in [4.69, 9.17) is 0 Å². The molecule has 92 valence electrons. The van der Waals surface area contributed by atoms with E-state index in [0.29, 0.717) is 6.42 Å². The maximum atomic E-state index is 9.78. The van der Waals surface area contributed by atoms with Crippen LogP contribution in [0.25, 0.3) is 12.2 Å². The first-order valence-electron chi connectivity index (χ1n) is 5.82. The van der Waals surface area contributed by atoms with Crippen molar-refractivity contribution in [3.63, 3.8) is 0 Å². The molecule has 2 nitrogen and oxygen atoms in total. The molecule has 0 bridgehead atoms. The molecule has 18 heavy (non-hydrogen) atoms. The number of thiazole rings is 1. The lowest BCUT2D eigenvalue weighted by Crippen LogP contribution is -1.98. The quantitative estimate of drug-likeness (QED) is 0.887. The Morgan fingerprint density at radius 3 is 2.78 bits per heavy atom. The number of aliphatic hydroxyl groups excluding tert-OH is 1. The minimum absolute atomic E-state index is 0.457. The summed E-state index contributed by atoms with van der Waals surface area (Å²) in [5.41, 5.74) is 1.10. The third kappa shape index (κ3) is 4.28. The Morgan fingerprint density at radius 2 is 2.06 bits per heavy atom. The molecule has 1 aromatic carbocycles. The first kappa shape index (κ1) is 12.7. The van der Waals surface area contributed by atoms with Gasteiger partial charge in [0.15, 0.2) is 0 Å². The summed E-state index contributed by atoms with van der Waals surface area (Å²) in [4.78, 5) is 4.14. The Bertz CT molecular complexity index is 503. The summed E-state index contributed by atoms with van der Waals surface area (Å²) in [6.07, 6.45) is 9.53. The van der Waals surface area contributed by atoms with E-state index >= 15 is 0 Å². The molecule has 1 aromatic heterocycles. The van der Waals surface area contributed by atoms with Crippen LogP contribution in [0.15, 0.2) is 54.1 Å². The molecular weight excluding hydrogens is 242 g/mol. The van der Waals surface area contributed by atoms with Crippen LogP contribution in [-0.2, 0) is 0 Å². The lowest BCUT2D eigenvalue weighted by molar-refractivity contribution is 0.228. The van der Waals surface area contributed by atoms with Gasteiger partial charge in [-0.15, -0.1) is 11.3 Å². The van der Waals surface area contributed by atoms with Crippen molar-refractivity contribution in [2.45, 2.75) is 12.5 Å². The molecule has 0 spiro atoms. The third-order valence-electron chi connectivity index (χ3n) is 2.40. The average molecular weight is 257 g/mol. The topological polar surface area (TPSA) is 33.1 Å². The zero-order chi connectivity index (χ0) is 12.6. The molecular formula is C15H15NOS. The van der Waals surface area contributed by atoms with Crippen LogP contribution in [0.4, 0.5) is 0 Å². The molecule has 1 heterocycles. The van der Waals surface area contributed by atoms with Crippen LogP contribution >= 0.6 is 11.3 Å². The second kappa shape index (κ2) is 6.89. The predicted octanol–water partition coefficient (Wildman–Crippen LogP) is 3.62. The highest BCUT2D eigenvalue weighted by Crippen LogP contribution is 2.08. The van der Waals surface area contributed by atoms with Crippen molar-refractivity contribution in [3.05, 3.63) is 64.6 Å². The van der Waals surface area contributed by atoms with Gasteiger partial charge in [0.25, 0.3) is 0 Å². The molecule has 2 aromatic rings. The van der Waals surface area contributed by atoms with Crippen molar-refractivity contribution in [1.82, 2.24) is 4.98 Å². The summed E-state index contributed by atoms with van der Waals surface area (Å²) < 4.78 is 0. The number of aliphatic hydroxyl groups is 1. The van der Waals surface area contributed by atoms with Gasteiger partial charge in [0.1, 0.15) is 5.01 Å². The number of rotatable bonds is 5. The van der Waals surface area contributed by atoms with Crippen LogP contribution in [0.1, 0.15) is 17.0 Å². The Kier molecular flexibility index (Phi) is 4.88. The molecule has 1 atom stereocenters. The maximum absolute atomic E-state index is 9.78. The van der Waals surface area contributed by atoms with Crippen LogP contribution in [0.2, 0.25) is 0 Å². The summed E-state index contributed by atoms with van der Waals surface area (Å²) in [7, 11) is 0. The fraction of sp³-hybridized carbons (Fsp3) is 0.133. The van der Waals surface area contributed by atoms with Gasteiger partial charge in [-0.1, -0.05) is 48.6 Å². The van der Waals surface area contributed by atoms with Gasteiger partial charge in [0.2, 0.25) is 0 Å². The van der Waals surface area contributed by atoms with Gasteiger partial charge in [-0.2, -0.15) is 0 Å². The van der Waals surface area contributed by atoms with E-state index in [1.165, 1.54) is 0 Å². The molecule has 1 N–H and O–H groups in total. The molecule has 0 aliphatic rings. The highest BCUT2D eigenvalue weighted by molar-refractivity contribution is 7.10. The Hall–Kier alpha value is -1.71. The minimum Gasteiger partial charge on any atom is -0.389 e. The van der Waals surface area contributed by atoms with E-state index < -0.39 is 6.10 Å². The van der Waals surface area contributed by atoms with Gasteiger partial charge >= 0.3 is 0 Å². The van der Waals surface area contributed by atoms with E-state index in [2.05, 4.69) is 4.98 Å². The predicted molar refractivity (Wildman–Crippen MR) is 77.2 cm³/mol. The standard InChI is InChI=1S/C15H15NOS/c17-14(7-4-8-15-16-11-12-18-15)10-9-13-5-2-1-3-6-13/h1-6,8-12,14,17H,7H2/b8-4-,10-9+. The van der Waals surface area contributed by atoms with Crippen molar-refractivity contribution in [2.24, 2.45) is 0 Å². The lowest BCUT2D eigenvalue weighted by Gasteiger charge is -2.00. The molecule has 0 amide bonds. The largest absolute Gasteiger partial charge is 0.389 e. The van der Waals surface area contributed by atoms with E-state index in [9.17, 15) is 5.11 Å². The van der Waals surface area contributed by atoms with E-state index in [1.54, 1.807) is 17.5 Å². The Labute approximate surface area is 111 Å². The third-order valence-corrected chi connectivity index (χ3v) is 3.14. The number of benzene rings is 1. The maximum Gasteiger partial charge on any atom is 0.115 e. The molecule has 1 unspecified atom stereocenters. The number of nitrogens with zero attached hydrogens (tertiary/aromatic N) is 1. The number of hydrogen-bond acceptors (Lipinski definition) is 3. The summed E-state index contributed by atoms with van der Waals surface area (Å²) in [5.74, 6) is 0. The van der Waals surface area contributed by atoms with E-state index in [0.717, 1.165) is 10.6 Å². The van der Waals surface area contributed by atoms with Crippen molar-refractivity contribution >= 4 is 23.5 Å². The normalized spacial score (nSPS) is 13.4. The first-order valence-corrected chi connectivity index (χ1v) is 6.70. The number of aromatic nitrogens is 1. The van der Waals surface area contributed by atoms with Crippen LogP contribution in [0.3, 0.4) is 0 Å². The monoisotopic (exact) mass is 257 g/mol. The highest BCUT2D eigenvalue weighted by atomic mass is 32.1. The first-order chi connectivity index (χ1) is 8.84. The molecule has 0 fully saturated rings. The van der Waals surface area contributed by atoms with E-state index in [1.807, 2.05) is 60.0 Å². The van der Waals surface area contributed by atoms with Crippen LogP contribution in [-0.4, -0.2) is 16.2 Å². The van der Waals surface area contributed by atoms with Crippen molar-refractivity contribution in [3.8, 4) is 0 Å².